The van der Waals surface area contributed by atoms with Gasteiger partial charge in [-0.2, -0.15) is 0 Å². The van der Waals surface area contributed by atoms with Gasteiger partial charge in [0.25, 0.3) is 6.29 Å². The molecule has 0 aromatic rings. The standard InChI is InChI=1S/C47H79NO8/c1-6-8-10-12-14-16-17-18-19-20-21-22-23-24-25-26-27-28-29-30-32-34-36-38-45(50)56-43(42-55-47(46(51)52)53-40-39-48(3,4)5)41-54-44(49)37-35-33-31-15-13-11-9-7-2/h8,10,14,16,18-19,21-22,24-25,27-28,43,47H,6-7,9,11-13,15,17,20,23,26,29-42H2,1-5H3/p+1/b10-8-,16-14-,19-18-,22-21-,25-24-,28-27-. The van der Waals surface area contributed by atoms with Crippen LogP contribution in [0.5, 0.6) is 0 Å². The lowest BCUT2D eigenvalue weighted by Crippen LogP contribution is -2.40. The first-order valence-corrected chi connectivity index (χ1v) is 21.6. The predicted molar refractivity (Wildman–Crippen MR) is 230 cm³/mol. The van der Waals surface area contributed by atoms with Gasteiger partial charge in [0.05, 0.1) is 34.4 Å². The third-order valence-corrected chi connectivity index (χ3v) is 8.73. The number of carbonyl (C=O) groups is 3. The van der Waals surface area contributed by atoms with Crippen LogP contribution < -0.4 is 0 Å². The van der Waals surface area contributed by atoms with Gasteiger partial charge in [0.15, 0.2) is 6.10 Å². The van der Waals surface area contributed by atoms with Crippen molar-refractivity contribution < 1.29 is 42.9 Å². The smallest absolute Gasteiger partial charge is 0.361 e. The molecule has 1 N–H and O–H groups in total. The molecule has 0 spiro atoms. The summed E-state index contributed by atoms with van der Waals surface area (Å²) in [5, 5.41) is 9.60. The highest BCUT2D eigenvalue weighted by Crippen LogP contribution is 2.12. The van der Waals surface area contributed by atoms with Gasteiger partial charge >= 0.3 is 17.9 Å². The molecule has 2 atom stereocenters. The van der Waals surface area contributed by atoms with Crippen molar-refractivity contribution in [2.24, 2.45) is 0 Å². The number of likely N-dealkylation sites (N-methyl/N-ethyl adjacent to an activating group) is 1. The topological polar surface area (TPSA) is 108 Å². The normalized spacial score (nSPS) is 13.7. The molecular formula is C47H80NO8+. The van der Waals surface area contributed by atoms with Crippen LogP contribution in [0.1, 0.15) is 149 Å². The Morgan fingerprint density at radius 1 is 0.554 bits per heavy atom. The molecule has 0 aliphatic carbocycles. The van der Waals surface area contributed by atoms with Crippen LogP contribution in [0.4, 0.5) is 0 Å². The van der Waals surface area contributed by atoms with E-state index >= 15 is 0 Å². The minimum absolute atomic E-state index is 0.179. The van der Waals surface area contributed by atoms with E-state index in [1.807, 2.05) is 21.1 Å². The molecule has 0 fully saturated rings. The van der Waals surface area contributed by atoms with Gasteiger partial charge in [-0.1, -0.05) is 145 Å². The van der Waals surface area contributed by atoms with E-state index in [0.717, 1.165) is 83.5 Å². The fraction of sp³-hybridized carbons (Fsp3) is 0.681. The molecule has 0 aromatic heterocycles. The molecule has 0 rings (SSSR count). The lowest BCUT2D eigenvalue weighted by atomic mass is 10.1. The van der Waals surface area contributed by atoms with Crippen LogP contribution in [-0.2, 0) is 33.3 Å². The maximum Gasteiger partial charge on any atom is 0.361 e. The second-order valence-electron chi connectivity index (χ2n) is 15.3. The summed E-state index contributed by atoms with van der Waals surface area (Å²) in [6, 6.07) is 0. The number of aliphatic carboxylic acids is 1. The van der Waals surface area contributed by atoms with E-state index in [2.05, 4.69) is 86.8 Å². The van der Waals surface area contributed by atoms with Gasteiger partial charge in [-0.3, -0.25) is 9.59 Å². The average Bonchev–Trinajstić information content (AvgIpc) is 3.15. The van der Waals surface area contributed by atoms with Crippen molar-refractivity contribution in [3.05, 3.63) is 72.9 Å². The number of hydrogen-bond donors (Lipinski definition) is 1. The van der Waals surface area contributed by atoms with E-state index < -0.39 is 24.3 Å². The SMILES string of the molecule is CC/C=C\C/C=C\C/C=C\C/C=C\C/C=C\C/C=C\CCCCCCC(=O)OC(COC(=O)CCCCCCCCCC)COC(OCC[N+](C)(C)C)C(=O)O. The summed E-state index contributed by atoms with van der Waals surface area (Å²) in [6.45, 7) is 4.66. The molecular weight excluding hydrogens is 707 g/mol. The van der Waals surface area contributed by atoms with Gasteiger partial charge in [-0.15, -0.1) is 0 Å². The summed E-state index contributed by atoms with van der Waals surface area (Å²) in [4.78, 5) is 36.9. The molecule has 0 saturated carbocycles. The van der Waals surface area contributed by atoms with Crippen molar-refractivity contribution in [3.63, 3.8) is 0 Å². The van der Waals surface area contributed by atoms with E-state index in [9.17, 15) is 19.5 Å². The number of nitrogens with zero attached hydrogens (tertiary/aromatic N) is 1. The highest BCUT2D eigenvalue weighted by atomic mass is 16.7. The van der Waals surface area contributed by atoms with Gasteiger partial charge in [-0.05, 0) is 64.2 Å². The number of rotatable bonds is 38. The number of carboxylic acids is 1. The highest BCUT2D eigenvalue weighted by Gasteiger charge is 2.25. The Labute approximate surface area is 341 Å². The molecule has 0 saturated heterocycles. The summed E-state index contributed by atoms with van der Waals surface area (Å²) in [6.07, 6.45) is 44.0. The lowest BCUT2D eigenvalue weighted by molar-refractivity contribution is -0.870. The van der Waals surface area contributed by atoms with E-state index in [1.165, 1.54) is 32.1 Å². The molecule has 320 valence electrons. The molecule has 0 amide bonds. The maximum atomic E-state index is 12.7. The Morgan fingerprint density at radius 3 is 1.52 bits per heavy atom. The van der Waals surface area contributed by atoms with Crippen molar-refractivity contribution in [2.45, 2.75) is 161 Å². The van der Waals surface area contributed by atoms with Gasteiger partial charge in [0.2, 0.25) is 0 Å². The Hall–Kier alpha value is -3.27. The molecule has 2 unspecified atom stereocenters. The number of ether oxygens (including phenoxy) is 4. The summed E-state index contributed by atoms with van der Waals surface area (Å²) in [7, 11) is 5.93. The number of esters is 2. The third-order valence-electron chi connectivity index (χ3n) is 8.73. The Kier molecular flexibility index (Phi) is 36.3. The third kappa shape index (κ3) is 39.0. The number of unbranched alkanes of at least 4 members (excludes halogenated alkanes) is 11. The maximum absolute atomic E-state index is 12.7. The Morgan fingerprint density at radius 2 is 1.02 bits per heavy atom. The first kappa shape index (κ1) is 52.7. The van der Waals surface area contributed by atoms with Crippen molar-refractivity contribution in [1.82, 2.24) is 0 Å². The Balaban J connectivity index is 4.43. The van der Waals surface area contributed by atoms with Crippen LogP contribution in [0.15, 0.2) is 72.9 Å². The van der Waals surface area contributed by atoms with Crippen LogP contribution in [0.3, 0.4) is 0 Å². The summed E-state index contributed by atoms with van der Waals surface area (Å²) in [5.41, 5.74) is 0. The number of hydrogen-bond acceptors (Lipinski definition) is 7. The van der Waals surface area contributed by atoms with Crippen LogP contribution >= 0.6 is 0 Å². The van der Waals surface area contributed by atoms with Crippen LogP contribution in [-0.4, -0.2) is 87.4 Å². The van der Waals surface area contributed by atoms with Gasteiger partial charge in [0, 0.05) is 12.8 Å². The summed E-state index contributed by atoms with van der Waals surface area (Å²) < 4.78 is 22.6. The van der Waals surface area contributed by atoms with Crippen molar-refractivity contribution in [3.8, 4) is 0 Å². The van der Waals surface area contributed by atoms with Crippen molar-refractivity contribution in [2.75, 3.05) is 47.5 Å². The molecule has 0 aliphatic rings. The zero-order chi connectivity index (χ0) is 41.4. The monoisotopic (exact) mass is 787 g/mol. The van der Waals surface area contributed by atoms with E-state index in [-0.39, 0.29) is 32.2 Å². The van der Waals surface area contributed by atoms with Crippen LogP contribution in [0, 0.1) is 0 Å². The molecule has 0 bridgehead atoms. The molecule has 0 heterocycles. The minimum Gasteiger partial charge on any atom is -0.477 e. The molecule has 0 aromatic carbocycles. The largest absolute Gasteiger partial charge is 0.477 e. The second-order valence-corrected chi connectivity index (χ2v) is 15.3. The molecule has 9 nitrogen and oxygen atoms in total. The Bertz CT molecular complexity index is 1150. The minimum atomic E-state index is -1.52. The van der Waals surface area contributed by atoms with E-state index in [4.69, 9.17) is 18.9 Å². The van der Waals surface area contributed by atoms with Crippen LogP contribution in [0.2, 0.25) is 0 Å². The lowest BCUT2D eigenvalue weighted by Gasteiger charge is -2.25. The number of carbonyl (C=O) groups excluding carboxylic acids is 2. The first-order valence-electron chi connectivity index (χ1n) is 21.6. The molecule has 0 radical (unpaired) electrons. The average molecular weight is 787 g/mol. The summed E-state index contributed by atoms with van der Waals surface area (Å²) in [5.74, 6) is -2.06. The van der Waals surface area contributed by atoms with Crippen molar-refractivity contribution in [1.29, 1.82) is 0 Å². The van der Waals surface area contributed by atoms with E-state index in [0.29, 0.717) is 23.9 Å². The fourth-order valence-corrected chi connectivity index (χ4v) is 5.37. The highest BCUT2D eigenvalue weighted by molar-refractivity contribution is 5.71. The summed E-state index contributed by atoms with van der Waals surface area (Å²) >= 11 is 0. The van der Waals surface area contributed by atoms with Crippen LogP contribution in [0.25, 0.3) is 0 Å². The van der Waals surface area contributed by atoms with E-state index in [1.54, 1.807) is 0 Å². The number of allylic oxidation sites excluding steroid dienone is 12. The quantitative estimate of drug-likeness (QED) is 0.0217. The second kappa shape index (κ2) is 38.6. The van der Waals surface area contributed by atoms with Gasteiger partial charge in [0.1, 0.15) is 13.2 Å². The number of carboxylic acid groups (broad SMARTS) is 1. The first-order chi connectivity index (χ1) is 27.1. The molecule has 56 heavy (non-hydrogen) atoms. The molecule has 9 heteroatoms. The van der Waals surface area contributed by atoms with Gasteiger partial charge < -0.3 is 28.5 Å². The van der Waals surface area contributed by atoms with Gasteiger partial charge in [-0.25, -0.2) is 4.79 Å². The zero-order valence-corrected chi connectivity index (χ0v) is 36.0. The van der Waals surface area contributed by atoms with Crippen molar-refractivity contribution >= 4 is 17.9 Å². The fourth-order valence-electron chi connectivity index (χ4n) is 5.37. The number of quaternary nitrogens is 1. The zero-order valence-electron chi connectivity index (χ0n) is 36.0. The molecule has 0 aliphatic heterocycles. The predicted octanol–water partition coefficient (Wildman–Crippen LogP) is 11.2.